The molecular formula is C13H21N3. The van der Waals surface area contributed by atoms with Crippen LogP contribution in [0.15, 0.2) is 0 Å². The van der Waals surface area contributed by atoms with Gasteiger partial charge in [0.2, 0.25) is 0 Å². The number of nitrogens with one attached hydrogen (secondary N) is 2. The fourth-order valence-corrected chi connectivity index (χ4v) is 2.86. The lowest BCUT2D eigenvalue weighted by Gasteiger charge is -2.14. The molecule has 3 heteroatoms. The highest BCUT2D eigenvalue weighted by atomic mass is 15.1. The monoisotopic (exact) mass is 219 g/mol. The summed E-state index contributed by atoms with van der Waals surface area (Å²) in [6.07, 6.45) is 5.86. The minimum atomic E-state index is 0.700. The molecule has 0 aliphatic heterocycles. The lowest BCUT2D eigenvalue weighted by molar-refractivity contribution is 0.403. The van der Waals surface area contributed by atoms with Gasteiger partial charge in [-0.25, -0.2) is 0 Å². The highest BCUT2D eigenvalue weighted by molar-refractivity contribution is 5.22. The van der Waals surface area contributed by atoms with E-state index in [1.807, 2.05) is 0 Å². The number of H-pyrrole nitrogens is 1. The van der Waals surface area contributed by atoms with Crippen LogP contribution < -0.4 is 5.32 Å². The van der Waals surface area contributed by atoms with Crippen LogP contribution in [0.3, 0.4) is 0 Å². The van der Waals surface area contributed by atoms with Crippen LogP contribution in [0.2, 0.25) is 0 Å². The van der Waals surface area contributed by atoms with E-state index in [-0.39, 0.29) is 0 Å². The Balaban J connectivity index is 1.53. The number of rotatable bonds is 5. The van der Waals surface area contributed by atoms with Crippen LogP contribution in [-0.2, 0) is 6.54 Å². The lowest BCUT2D eigenvalue weighted by Crippen LogP contribution is -2.25. The molecule has 2 aliphatic carbocycles. The van der Waals surface area contributed by atoms with Gasteiger partial charge >= 0.3 is 0 Å². The molecule has 2 aliphatic rings. The van der Waals surface area contributed by atoms with Crippen molar-refractivity contribution in [3.05, 3.63) is 17.0 Å². The summed E-state index contributed by atoms with van der Waals surface area (Å²) in [5.74, 6) is 1.05. The van der Waals surface area contributed by atoms with Crippen molar-refractivity contribution in [2.45, 2.75) is 46.1 Å². The fraction of sp³-hybridized carbons (Fsp3) is 0.769. The molecule has 2 saturated carbocycles. The SMILES string of the molecule is Cc1n[nH]c(C)c1CNCC1(C2CC2)CC1. The minimum Gasteiger partial charge on any atom is -0.312 e. The van der Waals surface area contributed by atoms with Gasteiger partial charge in [0.05, 0.1) is 5.69 Å². The highest BCUT2D eigenvalue weighted by Crippen LogP contribution is 2.60. The molecule has 0 saturated heterocycles. The predicted octanol–water partition coefficient (Wildman–Crippen LogP) is 2.31. The second-order valence-corrected chi connectivity index (χ2v) is 5.65. The van der Waals surface area contributed by atoms with Gasteiger partial charge in [-0.05, 0) is 50.9 Å². The van der Waals surface area contributed by atoms with Crippen molar-refractivity contribution in [1.29, 1.82) is 0 Å². The third kappa shape index (κ3) is 1.77. The summed E-state index contributed by atoms with van der Waals surface area (Å²) in [5.41, 5.74) is 4.40. The number of aromatic amines is 1. The Morgan fingerprint density at radius 1 is 1.38 bits per heavy atom. The van der Waals surface area contributed by atoms with Gasteiger partial charge in [0.1, 0.15) is 0 Å². The normalized spacial score (nSPS) is 22.4. The first-order chi connectivity index (χ1) is 7.71. The predicted molar refractivity (Wildman–Crippen MR) is 64.2 cm³/mol. The molecule has 0 radical (unpaired) electrons. The lowest BCUT2D eigenvalue weighted by atomic mass is 10.0. The van der Waals surface area contributed by atoms with E-state index < -0.39 is 0 Å². The van der Waals surface area contributed by atoms with Crippen molar-refractivity contribution in [3.8, 4) is 0 Å². The van der Waals surface area contributed by atoms with Crippen molar-refractivity contribution >= 4 is 0 Å². The Bertz CT molecular complexity index is 366. The quantitative estimate of drug-likeness (QED) is 0.798. The first-order valence-electron chi connectivity index (χ1n) is 6.42. The van der Waals surface area contributed by atoms with Crippen LogP contribution >= 0.6 is 0 Å². The average molecular weight is 219 g/mol. The summed E-state index contributed by atoms with van der Waals surface area (Å²) in [6, 6.07) is 0. The largest absolute Gasteiger partial charge is 0.312 e. The molecule has 0 amide bonds. The van der Waals surface area contributed by atoms with Crippen LogP contribution in [0, 0.1) is 25.2 Å². The van der Waals surface area contributed by atoms with E-state index in [1.165, 1.54) is 43.5 Å². The highest BCUT2D eigenvalue weighted by Gasteiger charge is 2.53. The molecule has 88 valence electrons. The van der Waals surface area contributed by atoms with E-state index >= 15 is 0 Å². The fourth-order valence-electron chi connectivity index (χ4n) is 2.86. The molecule has 3 nitrogen and oxygen atoms in total. The van der Waals surface area contributed by atoms with Crippen LogP contribution in [0.4, 0.5) is 0 Å². The third-order valence-corrected chi connectivity index (χ3v) is 4.40. The summed E-state index contributed by atoms with van der Waals surface area (Å²) in [7, 11) is 0. The van der Waals surface area contributed by atoms with E-state index in [2.05, 4.69) is 29.4 Å². The summed E-state index contributed by atoms with van der Waals surface area (Å²) in [5, 5.41) is 10.9. The first kappa shape index (κ1) is 10.3. The van der Waals surface area contributed by atoms with Gasteiger partial charge in [0.25, 0.3) is 0 Å². The Morgan fingerprint density at radius 2 is 2.12 bits per heavy atom. The van der Waals surface area contributed by atoms with Crippen molar-refractivity contribution in [2.75, 3.05) is 6.54 Å². The van der Waals surface area contributed by atoms with Gasteiger partial charge in [-0.15, -0.1) is 0 Å². The van der Waals surface area contributed by atoms with E-state index in [4.69, 9.17) is 0 Å². The number of aryl methyl sites for hydroxylation is 2. The standard InChI is InChI=1S/C13H21N3/c1-9-12(10(2)16-15-9)7-14-8-13(5-6-13)11-3-4-11/h11,14H,3-8H2,1-2H3,(H,15,16). The van der Waals surface area contributed by atoms with Crippen LogP contribution in [-0.4, -0.2) is 16.7 Å². The molecule has 1 heterocycles. The molecule has 2 fully saturated rings. The average Bonchev–Trinajstić information content (AvgIpc) is 3.13. The second kappa shape index (κ2) is 3.59. The molecule has 0 atom stereocenters. The number of hydrogen-bond donors (Lipinski definition) is 2. The third-order valence-electron chi connectivity index (χ3n) is 4.40. The van der Waals surface area contributed by atoms with Crippen molar-refractivity contribution < 1.29 is 0 Å². The molecule has 0 spiro atoms. The maximum Gasteiger partial charge on any atom is 0.0638 e. The number of hydrogen-bond acceptors (Lipinski definition) is 2. The number of nitrogens with zero attached hydrogens (tertiary/aromatic N) is 1. The minimum absolute atomic E-state index is 0.700. The van der Waals surface area contributed by atoms with E-state index in [1.54, 1.807) is 0 Å². The Morgan fingerprint density at radius 3 is 2.62 bits per heavy atom. The molecular weight excluding hydrogens is 198 g/mol. The Labute approximate surface area is 97.0 Å². The second-order valence-electron chi connectivity index (χ2n) is 5.65. The van der Waals surface area contributed by atoms with Gasteiger partial charge in [-0.1, -0.05) is 0 Å². The summed E-state index contributed by atoms with van der Waals surface area (Å²) in [4.78, 5) is 0. The molecule has 1 aromatic heterocycles. The van der Waals surface area contributed by atoms with Crippen LogP contribution in [0.1, 0.15) is 42.6 Å². The van der Waals surface area contributed by atoms with Gasteiger partial charge in [-0.2, -0.15) is 5.10 Å². The summed E-state index contributed by atoms with van der Waals surface area (Å²) >= 11 is 0. The smallest absolute Gasteiger partial charge is 0.0638 e. The first-order valence-corrected chi connectivity index (χ1v) is 6.42. The maximum atomic E-state index is 4.23. The molecule has 0 aromatic carbocycles. The van der Waals surface area contributed by atoms with E-state index in [9.17, 15) is 0 Å². The van der Waals surface area contributed by atoms with Crippen molar-refractivity contribution in [3.63, 3.8) is 0 Å². The Hall–Kier alpha value is -0.830. The van der Waals surface area contributed by atoms with E-state index in [0.717, 1.165) is 18.2 Å². The summed E-state index contributed by atoms with van der Waals surface area (Å²) < 4.78 is 0. The van der Waals surface area contributed by atoms with Gasteiger partial charge in [0, 0.05) is 24.3 Å². The van der Waals surface area contributed by atoms with Gasteiger partial charge < -0.3 is 5.32 Å². The summed E-state index contributed by atoms with van der Waals surface area (Å²) in [6.45, 7) is 6.36. The zero-order chi connectivity index (χ0) is 11.2. The zero-order valence-electron chi connectivity index (χ0n) is 10.3. The topological polar surface area (TPSA) is 40.7 Å². The van der Waals surface area contributed by atoms with Crippen molar-refractivity contribution in [1.82, 2.24) is 15.5 Å². The molecule has 0 bridgehead atoms. The van der Waals surface area contributed by atoms with Crippen LogP contribution in [0.5, 0.6) is 0 Å². The molecule has 0 unspecified atom stereocenters. The van der Waals surface area contributed by atoms with Crippen molar-refractivity contribution in [2.24, 2.45) is 11.3 Å². The molecule has 16 heavy (non-hydrogen) atoms. The maximum absolute atomic E-state index is 4.23. The van der Waals surface area contributed by atoms with Gasteiger partial charge in [0.15, 0.2) is 0 Å². The molecule has 3 rings (SSSR count). The molecule has 1 aromatic rings. The van der Waals surface area contributed by atoms with Gasteiger partial charge in [-0.3, -0.25) is 5.10 Å². The van der Waals surface area contributed by atoms with E-state index in [0.29, 0.717) is 5.41 Å². The number of aromatic nitrogens is 2. The Kier molecular flexibility index (Phi) is 2.32. The zero-order valence-corrected chi connectivity index (χ0v) is 10.3. The molecule has 2 N–H and O–H groups in total. The van der Waals surface area contributed by atoms with Crippen LogP contribution in [0.25, 0.3) is 0 Å².